The van der Waals surface area contributed by atoms with Crippen LogP contribution < -0.4 is 10.2 Å². The standard InChI is InChI=1S/C16H22N4OS/c1-10(2)15-18-16(22-19-15)20(5)9-13(21)17-14-11(3)7-6-8-12(14)4/h6-8,10H,9H2,1-5H3,(H,17,21). The van der Waals surface area contributed by atoms with Crippen molar-refractivity contribution in [3.8, 4) is 0 Å². The van der Waals surface area contributed by atoms with E-state index in [0.717, 1.165) is 27.8 Å². The van der Waals surface area contributed by atoms with Gasteiger partial charge in [-0.3, -0.25) is 4.79 Å². The molecule has 0 radical (unpaired) electrons. The molecule has 1 amide bonds. The van der Waals surface area contributed by atoms with E-state index in [2.05, 4.69) is 28.5 Å². The highest BCUT2D eigenvalue weighted by Crippen LogP contribution is 2.21. The molecule has 0 saturated heterocycles. The Morgan fingerprint density at radius 1 is 1.32 bits per heavy atom. The molecule has 0 aliphatic heterocycles. The van der Waals surface area contributed by atoms with Crippen LogP contribution in [-0.2, 0) is 4.79 Å². The maximum absolute atomic E-state index is 12.2. The fraction of sp³-hybridized carbons (Fsp3) is 0.438. The van der Waals surface area contributed by atoms with Crippen LogP contribution in [0, 0.1) is 13.8 Å². The monoisotopic (exact) mass is 318 g/mol. The van der Waals surface area contributed by atoms with Crippen molar-refractivity contribution in [2.24, 2.45) is 0 Å². The Morgan fingerprint density at radius 3 is 2.50 bits per heavy atom. The van der Waals surface area contributed by atoms with Crippen molar-refractivity contribution in [1.82, 2.24) is 9.36 Å². The maximum atomic E-state index is 12.2. The lowest BCUT2D eigenvalue weighted by molar-refractivity contribution is -0.114. The molecule has 0 saturated carbocycles. The van der Waals surface area contributed by atoms with Gasteiger partial charge >= 0.3 is 0 Å². The van der Waals surface area contributed by atoms with Gasteiger partial charge in [-0.2, -0.15) is 4.37 Å². The van der Waals surface area contributed by atoms with Crippen LogP contribution >= 0.6 is 11.5 Å². The molecule has 5 nitrogen and oxygen atoms in total. The van der Waals surface area contributed by atoms with Crippen molar-refractivity contribution >= 4 is 28.3 Å². The molecule has 6 heteroatoms. The van der Waals surface area contributed by atoms with Crippen LogP contribution in [0.15, 0.2) is 18.2 Å². The number of anilines is 2. The molecular formula is C16H22N4OS. The van der Waals surface area contributed by atoms with Gasteiger partial charge in [0.25, 0.3) is 0 Å². The van der Waals surface area contributed by atoms with E-state index < -0.39 is 0 Å². The molecule has 1 aromatic heterocycles. The van der Waals surface area contributed by atoms with Crippen molar-refractivity contribution < 1.29 is 4.79 Å². The van der Waals surface area contributed by atoms with Crippen LogP contribution in [0.4, 0.5) is 10.8 Å². The number of hydrogen-bond donors (Lipinski definition) is 1. The third-order valence-electron chi connectivity index (χ3n) is 3.40. The first-order valence-electron chi connectivity index (χ1n) is 7.29. The van der Waals surface area contributed by atoms with E-state index in [1.54, 1.807) is 0 Å². The fourth-order valence-electron chi connectivity index (χ4n) is 2.09. The second-order valence-electron chi connectivity index (χ2n) is 5.76. The first-order chi connectivity index (χ1) is 10.4. The molecular weight excluding hydrogens is 296 g/mol. The number of nitrogens with one attached hydrogen (secondary N) is 1. The quantitative estimate of drug-likeness (QED) is 0.918. The number of carbonyl (C=O) groups is 1. The second-order valence-corrected chi connectivity index (χ2v) is 6.49. The van der Waals surface area contributed by atoms with Gasteiger partial charge in [0.1, 0.15) is 5.82 Å². The van der Waals surface area contributed by atoms with Crippen LogP contribution in [0.25, 0.3) is 0 Å². The van der Waals surface area contributed by atoms with Crippen LogP contribution in [0.5, 0.6) is 0 Å². The fourth-order valence-corrected chi connectivity index (χ4v) is 2.85. The summed E-state index contributed by atoms with van der Waals surface area (Å²) < 4.78 is 4.31. The number of aromatic nitrogens is 2. The number of rotatable bonds is 5. The molecule has 118 valence electrons. The van der Waals surface area contributed by atoms with Crippen LogP contribution in [0.3, 0.4) is 0 Å². The lowest BCUT2D eigenvalue weighted by Gasteiger charge is -2.16. The lowest BCUT2D eigenvalue weighted by atomic mass is 10.1. The molecule has 1 N–H and O–H groups in total. The summed E-state index contributed by atoms with van der Waals surface area (Å²) in [5.74, 6) is 1.06. The highest BCUT2D eigenvalue weighted by Gasteiger charge is 2.15. The topological polar surface area (TPSA) is 58.1 Å². The van der Waals surface area contributed by atoms with E-state index in [1.807, 2.05) is 44.0 Å². The number of para-hydroxylation sites is 1. The van der Waals surface area contributed by atoms with Crippen LogP contribution in [0.1, 0.15) is 36.7 Å². The molecule has 22 heavy (non-hydrogen) atoms. The van der Waals surface area contributed by atoms with Gasteiger partial charge in [0.05, 0.1) is 6.54 Å². The predicted molar refractivity (Wildman–Crippen MR) is 91.8 cm³/mol. The minimum atomic E-state index is -0.0544. The smallest absolute Gasteiger partial charge is 0.243 e. The first kappa shape index (κ1) is 16.4. The van der Waals surface area contributed by atoms with Crippen LogP contribution in [0.2, 0.25) is 0 Å². The van der Waals surface area contributed by atoms with E-state index in [9.17, 15) is 4.79 Å². The molecule has 0 fully saturated rings. The van der Waals surface area contributed by atoms with Gasteiger partial charge in [-0.25, -0.2) is 4.98 Å². The molecule has 0 aliphatic carbocycles. The Labute approximate surface area is 135 Å². The van der Waals surface area contributed by atoms with Gasteiger partial charge in [0.15, 0.2) is 0 Å². The van der Waals surface area contributed by atoms with Gasteiger partial charge in [0, 0.05) is 30.2 Å². The van der Waals surface area contributed by atoms with Crippen LogP contribution in [-0.4, -0.2) is 28.9 Å². The molecule has 2 rings (SSSR count). The zero-order valence-electron chi connectivity index (χ0n) is 13.7. The van der Waals surface area contributed by atoms with Crippen molar-refractivity contribution in [3.63, 3.8) is 0 Å². The third-order valence-corrected chi connectivity index (χ3v) is 4.24. The second kappa shape index (κ2) is 6.87. The molecule has 0 aliphatic rings. The molecule has 0 bridgehead atoms. The molecule has 2 aromatic rings. The SMILES string of the molecule is Cc1cccc(C)c1NC(=O)CN(C)c1nc(C(C)C)ns1. The predicted octanol–water partition coefficient (Wildman–Crippen LogP) is 3.35. The molecule has 0 spiro atoms. The Balaban J connectivity index is 2.02. The minimum Gasteiger partial charge on any atom is -0.341 e. The van der Waals surface area contributed by atoms with Crippen molar-refractivity contribution in [2.45, 2.75) is 33.6 Å². The number of amides is 1. The number of carbonyl (C=O) groups excluding carboxylic acids is 1. The maximum Gasteiger partial charge on any atom is 0.243 e. The Morgan fingerprint density at radius 2 is 1.95 bits per heavy atom. The van der Waals surface area contributed by atoms with Gasteiger partial charge in [-0.15, -0.1) is 0 Å². The largest absolute Gasteiger partial charge is 0.341 e. The van der Waals surface area contributed by atoms with Gasteiger partial charge < -0.3 is 10.2 Å². The summed E-state index contributed by atoms with van der Waals surface area (Å²) in [6.07, 6.45) is 0. The number of likely N-dealkylation sites (N-methyl/N-ethyl adjacent to an activating group) is 1. The first-order valence-corrected chi connectivity index (χ1v) is 8.06. The Kier molecular flexibility index (Phi) is 5.13. The summed E-state index contributed by atoms with van der Waals surface area (Å²) in [6.45, 7) is 8.34. The Hall–Kier alpha value is -1.95. The zero-order chi connectivity index (χ0) is 16.3. The molecule has 1 aromatic carbocycles. The normalized spacial score (nSPS) is 10.8. The molecule has 1 heterocycles. The highest BCUT2D eigenvalue weighted by molar-refractivity contribution is 7.09. The van der Waals surface area contributed by atoms with Crippen molar-refractivity contribution in [3.05, 3.63) is 35.2 Å². The van der Waals surface area contributed by atoms with E-state index >= 15 is 0 Å². The average Bonchev–Trinajstić information content (AvgIpc) is 2.93. The highest BCUT2D eigenvalue weighted by atomic mass is 32.1. The number of aryl methyl sites for hydroxylation is 2. The summed E-state index contributed by atoms with van der Waals surface area (Å²) in [4.78, 5) is 18.5. The van der Waals surface area contributed by atoms with Crippen molar-refractivity contribution in [1.29, 1.82) is 0 Å². The average molecular weight is 318 g/mol. The lowest BCUT2D eigenvalue weighted by Crippen LogP contribution is -2.30. The van der Waals surface area contributed by atoms with Gasteiger partial charge in [-0.05, 0) is 25.0 Å². The van der Waals surface area contributed by atoms with E-state index in [-0.39, 0.29) is 12.5 Å². The van der Waals surface area contributed by atoms with E-state index in [0.29, 0.717) is 5.92 Å². The zero-order valence-corrected chi connectivity index (χ0v) is 14.5. The third kappa shape index (κ3) is 3.82. The van der Waals surface area contributed by atoms with Crippen molar-refractivity contribution in [2.75, 3.05) is 23.8 Å². The number of benzene rings is 1. The van der Waals surface area contributed by atoms with Gasteiger partial charge in [0.2, 0.25) is 11.0 Å². The summed E-state index contributed by atoms with van der Waals surface area (Å²) >= 11 is 1.33. The summed E-state index contributed by atoms with van der Waals surface area (Å²) in [5.41, 5.74) is 3.02. The number of nitrogens with zero attached hydrogens (tertiary/aromatic N) is 3. The Bertz CT molecular complexity index is 646. The minimum absolute atomic E-state index is 0.0544. The summed E-state index contributed by atoms with van der Waals surface area (Å²) in [7, 11) is 1.86. The molecule has 0 unspecified atom stereocenters. The van der Waals surface area contributed by atoms with E-state index in [4.69, 9.17) is 0 Å². The van der Waals surface area contributed by atoms with Gasteiger partial charge in [-0.1, -0.05) is 32.0 Å². The van der Waals surface area contributed by atoms with E-state index in [1.165, 1.54) is 11.5 Å². The summed E-state index contributed by atoms with van der Waals surface area (Å²) in [5, 5.41) is 3.75. The molecule has 0 atom stereocenters. The number of hydrogen-bond acceptors (Lipinski definition) is 5. The summed E-state index contributed by atoms with van der Waals surface area (Å²) in [6, 6.07) is 5.97.